The Morgan fingerprint density at radius 2 is 2.04 bits per heavy atom. The third-order valence-corrected chi connectivity index (χ3v) is 4.25. The molecule has 2 heterocycles. The van der Waals surface area contributed by atoms with Crippen LogP contribution in [0.1, 0.15) is 30.7 Å². The van der Waals surface area contributed by atoms with Gasteiger partial charge in [-0.25, -0.2) is 9.98 Å². The van der Waals surface area contributed by atoms with E-state index in [4.69, 9.17) is 0 Å². The largest absolute Gasteiger partial charge is 0.357 e. The molecule has 0 unspecified atom stereocenters. The second-order valence-electron chi connectivity index (χ2n) is 5.86. The number of hydrogen-bond donors (Lipinski definition) is 2. The van der Waals surface area contributed by atoms with Crippen LogP contribution in [0.15, 0.2) is 35.7 Å². The Bertz CT molecular complexity index is 592. The van der Waals surface area contributed by atoms with Crippen molar-refractivity contribution in [2.75, 3.05) is 13.1 Å². The molecule has 24 heavy (non-hydrogen) atoms. The molecule has 2 N–H and O–H groups in total. The van der Waals surface area contributed by atoms with Crippen molar-refractivity contribution < 1.29 is 0 Å². The lowest BCUT2D eigenvalue weighted by Crippen LogP contribution is -2.38. The van der Waals surface area contributed by atoms with Gasteiger partial charge in [0.25, 0.3) is 0 Å². The molecule has 0 saturated carbocycles. The summed E-state index contributed by atoms with van der Waals surface area (Å²) in [5, 5.41) is 7.86. The molecule has 0 spiro atoms. The van der Waals surface area contributed by atoms with Crippen LogP contribution in [0.2, 0.25) is 0 Å². The maximum atomic E-state index is 4.65. The molecule has 0 aliphatic heterocycles. The fraction of sp³-hybridized carbons (Fsp3) is 0.529. The van der Waals surface area contributed by atoms with Crippen molar-refractivity contribution in [1.29, 1.82) is 0 Å². The van der Waals surface area contributed by atoms with Crippen molar-refractivity contribution in [3.63, 3.8) is 0 Å². The normalized spacial score (nSPS) is 11.4. The quantitative estimate of drug-likeness (QED) is 0.360. The highest BCUT2D eigenvalue weighted by Crippen LogP contribution is 2.17. The van der Waals surface area contributed by atoms with E-state index in [1.165, 1.54) is 9.88 Å². The van der Waals surface area contributed by atoms with Crippen LogP contribution in [0.4, 0.5) is 0 Å². The van der Waals surface area contributed by atoms with Crippen molar-refractivity contribution in [3.8, 4) is 0 Å². The first-order valence-corrected chi connectivity index (χ1v) is 9.05. The molecule has 0 radical (unpaired) electrons. The fourth-order valence-corrected chi connectivity index (χ4v) is 3.25. The zero-order valence-corrected chi connectivity index (χ0v) is 17.8. The van der Waals surface area contributed by atoms with E-state index in [0.717, 1.165) is 32.0 Å². The molecule has 0 atom stereocenters. The summed E-state index contributed by atoms with van der Waals surface area (Å²) in [5.41, 5.74) is 0. The number of nitrogens with one attached hydrogen (secondary N) is 2. The van der Waals surface area contributed by atoms with E-state index >= 15 is 0 Å². The lowest BCUT2D eigenvalue weighted by molar-refractivity contribution is 0.644. The van der Waals surface area contributed by atoms with Crippen LogP contribution in [-0.2, 0) is 19.5 Å². The summed E-state index contributed by atoms with van der Waals surface area (Å²) in [6.07, 6.45) is 7.14. The first-order valence-electron chi connectivity index (χ1n) is 8.24. The maximum absolute atomic E-state index is 4.65. The van der Waals surface area contributed by atoms with E-state index in [1.54, 1.807) is 11.3 Å². The molecule has 0 aliphatic rings. The highest BCUT2D eigenvalue weighted by Gasteiger charge is 2.04. The smallest absolute Gasteiger partial charge is 0.191 e. The Labute approximate surface area is 166 Å². The number of aliphatic imine (C=N–C) groups is 1. The Morgan fingerprint density at radius 1 is 1.29 bits per heavy atom. The second-order valence-corrected chi connectivity index (χ2v) is 7.06. The Balaban J connectivity index is 0.00000288. The average molecular weight is 461 g/mol. The number of hydrogen-bond acceptors (Lipinski definition) is 3. The maximum Gasteiger partial charge on any atom is 0.191 e. The van der Waals surface area contributed by atoms with E-state index in [0.29, 0.717) is 12.5 Å². The van der Waals surface area contributed by atoms with Gasteiger partial charge in [-0.3, -0.25) is 0 Å². The number of rotatable bonds is 8. The molecule has 0 aromatic carbocycles. The summed E-state index contributed by atoms with van der Waals surface area (Å²) in [6, 6.07) is 4.08. The van der Waals surface area contributed by atoms with E-state index < -0.39 is 0 Å². The van der Waals surface area contributed by atoms with Gasteiger partial charge in [-0.2, -0.15) is 0 Å². The Hall–Kier alpha value is -1.09. The molecule has 0 saturated heterocycles. The van der Waals surface area contributed by atoms with Crippen molar-refractivity contribution in [1.82, 2.24) is 20.2 Å². The SMILES string of the molecule is CCNC(=NCc1cnc(CC(C)C)s1)NCCn1cccc1.I. The van der Waals surface area contributed by atoms with Gasteiger partial charge >= 0.3 is 0 Å². The summed E-state index contributed by atoms with van der Waals surface area (Å²) >= 11 is 1.77. The second kappa shape index (κ2) is 11.5. The highest BCUT2D eigenvalue weighted by molar-refractivity contribution is 14.0. The predicted octanol–water partition coefficient (Wildman–Crippen LogP) is 3.52. The molecular formula is C17H28IN5S. The molecule has 7 heteroatoms. The van der Waals surface area contributed by atoms with E-state index in [1.807, 2.05) is 18.3 Å². The summed E-state index contributed by atoms with van der Waals surface area (Å²) in [7, 11) is 0. The number of guanidine groups is 1. The van der Waals surface area contributed by atoms with Crippen LogP contribution >= 0.6 is 35.3 Å². The average Bonchev–Trinajstić information content (AvgIpc) is 3.16. The number of halogens is 1. The van der Waals surface area contributed by atoms with Crippen LogP contribution in [0.3, 0.4) is 0 Å². The van der Waals surface area contributed by atoms with Gasteiger partial charge in [-0.05, 0) is 25.0 Å². The minimum atomic E-state index is 0. The van der Waals surface area contributed by atoms with Gasteiger partial charge in [-0.15, -0.1) is 35.3 Å². The molecule has 5 nitrogen and oxygen atoms in total. The van der Waals surface area contributed by atoms with Gasteiger partial charge in [0.2, 0.25) is 0 Å². The van der Waals surface area contributed by atoms with Crippen molar-refractivity contribution in [3.05, 3.63) is 40.6 Å². The summed E-state index contributed by atoms with van der Waals surface area (Å²) in [4.78, 5) is 10.3. The van der Waals surface area contributed by atoms with Crippen molar-refractivity contribution >= 4 is 41.3 Å². The molecule has 2 aromatic rings. The number of nitrogens with zero attached hydrogens (tertiary/aromatic N) is 3. The third kappa shape index (κ3) is 7.65. The summed E-state index contributed by atoms with van der Waals surface area (Å²) in [6.45, 7) is 9.83. The zero-order valence-electron chi connectivity index (χ0n) is 14.7. The van der Waals surface area contributed by atoms with Gasteiger partial charge in [-0.1, -0.05) is 13.8 Å². The van der Waals surface area contributed by atoms with Gasteiger partial charge < -0.3 is 15.2 Å². The van der Waals surface area contributed by atoms with E-state index in [2.05, 4.69) is 58.3 Å². The molecular weight excluding hydrogens is 433 g/mol. The highest BCUT2D eigenvalue weighted by atomic mass is 127. The molecule has 0 amide bonds. The fourth-order valence-electron chi connectivity index (χ4n) is 2.19. The van der Waals surface area contributed by atoms with Crippen LogP contribution < -0.4 is 10.6 Å². The van der Waals surface area contributed by atoms with Crippen molar-refractivity contribution in [2.45, 2.75) is 40.3 Å². The van der Waals surface area contributed by atoms with Crippen LogP contribution in [0, 0.1) is 5.92 Å². The van der Waals surface area contributed by atoms with Gasteiger partial charge in [0.15, 0.2) is 5.96 Å². The summed E-state index contributed by atoms with van der Waals surface area (Å²) in [5.74, 6) is 1.50. The molecule has 0 aliphatic carbocycles. The molecule has 0 bridgehead atoms. The van der Waals surface area contributed by atoms with E-state index in [9.17, 15) is 0 Å². The molecule has 2 aromatic heterocycles. The topological polar surface area (TPSA) is 54.2 Å². The summed E-state index contributed by atoms with van der Waals surface area (Å²) < 4.78 is 2.15. The first-order chi connectivity index (χ1) is 11.2. The molecule has 0 fully saturated rings. The number of aromatic nitrogens is 2. The minimum Gasteiger partial charge on any atom is -0.357 e. The molecule has 2 rings (SSSR count). The van der Waals surface area contributed by atoms with Crippen LogP contribution in [-0.4, -0.2) is 28.6 Å². The van der Waals surface area contributed by atoms with E-state index in [-0.39, 0.29) is 24.0 Å². The molecule has 134 valence electrons. The lowest BCUT2D eigenvalue weighted by atomic mass is 10.1. The van der Waals surface area contributed by atoms with Crippen LogP contribution in [0.5, 0.6) is 0 Å². The Kier molecular flexibility index (Phi) is 10.0. The van der Waals surface area contributed by atoms with Gasteiger partial charge in [0, 0.05) is 49.5 Å². The van der Waals surface area contributed by atoms with Gasteiger partial charge in [0.05, 0.1) is 11.6 Å². The van der Waals surface area contributed by atoms with Crippen molar-refractivity contribution in [2.24, 2.45) is 10.9 Å². The minimum absolute atomic E-state index is 0. The lowest BCUT2D eigenvalue weighted by Gasteiger charge is -2.11. The zero-order chi connectivity index (χ0) is 16.5. The predicted molar refractivity (Wildman–Crippen MR) is 113 cm³/mol. The Morgan fingerprint density at radius 3 is 2.71 bits per heavy atom. The first kappa shape index (κ1) is 21.0. The van der Waals surface area contributed by atoms with Gasteiger partial charge in [0.1, 0.15) is 0 Å². The number of thiazole rings is 1. The third-order valence-electron chi connectivity index (χ3n) is 3.25. The van der Waals surface area contributed by atoms with Crippen LogP contribution in [0.25, 0.3) is 0 Å². The standard InChI is InChI=1S/C17H27N5S.HI/c1-4-18-17(19-7-10-22-8-5-6-9-22)21-13-15-12-20-16(23-15)11-14(2)3;/h5-6,8-9,12,14H,4,7,10-11,13H2,1-3H3,(H2,18,19,21);1H. The monoisotopic (exact) mass is 461 g/mol.